The van der Waals surface area contributed by atoms with Crippen LogP contribution in [-0.2, 0) is 19.0 Å². The van der Waals surface area contributed by atoms with Gasteiger partial charge in [-0.25, -0.2) is 0 Å². The standard InChI is InChI=1S/C20H38O4/c1-5-7-9-10-14-20(4)22-15-18(16-23-20)24-19(21)13-12-17(3)11-8-6-2/h17-18H,5-16H2,1-4H3. The van der Waals surface area contributed by atoms with E-state index in [4.69, 9.17) is 14.2 Å². The largest absolute Gasteiger partial charge is 0.457 e. The molecule has 0 amide bonds. The Bertz CT molecular complexity index is 335. The monoisotopic (exact) mass is 342 g/mol. The van der Waals surface area contributed by atoms with Gasteiger partial charge < -0.3 is 14.2 Å². The minimum absolute atomic E-state index is 0.123. The topological polar surface area (TPSA) is 44.8 Å². The molecule has 1 rings (SSSR count). The fraction of sp³-hybridized carbons (Fsp3) is 0.950. The van der Waals surface area contributed by atoms with Gasteiger partial charge in [0, 0.05) is 12.8 Å². The second-order valence-corrected chi connectivity index (χ2v) is 7.46. The third-order valence-electron chi connectivity index (χ3n) is 4.82. The molecule has 142 valence electrons. The summed E-state index contributed by atoms with van der Waals surface area (Å²) < 4.78 is 17.2. The van der Waals surface area contributed by atoms with Gasteiger partial charge in [0.05, 0.1) is 13.2 Å². The van der Waals surface area contributed by atoms with Crippen LogP contribution >= 0.6 is 0 Å². The lowest BCUT2D eigenvalue weighted by molar-refractivity contribution is -0.288. The molecule has 1 atom stereocenters. The average Bonchev–Trinajstić information content (AvgIpc) is 2.57. The zero-order valence-corrected chi connectivity index (χ0v) is 16.3. The Morgan fingerprint density at radius 3 is 2.38 bits per heavy atom. The molecule has 0 bridgehead atoms. The summed E-state index contributed by atoms with van der Waals surface area (Å²) in [5.41, 5.74) is 0. The van der Waals surface area contributed by atoms with Crippen molar-refractivity contribution in [1.29, 1.82) is 0 Å². The first-order valence-corrected chi connectivity index (χ1v) is 9.96. The highest BCUT2D eigenvalue weighted by molar-refractivity contribution is 5.69. The van der Waals surface area contributed by atoms with Crippen LogP contribution in [0.25, 0.3) is 0 Å². The van der Waals surface area contributed by atoms with Crippen LogP contribution in [-0.4, -0.2) is 31.1 Å². The summed E-state index contributed by atoms with van der Waals surface area (Å²) in [6.07, 6.45) is 10.5. The number of carbonyl (C=O) groups is 1. The van der Waals surface area contributed by atoms with E-state index in [-0.39, 0.29) is 12.1 Å². The maximum atomic E-state index is 12.0. The van der Waals surface area contributed by atoms with Crippen LogP contribution < -0.4 is 0 Å². The number of esters is 1. The minimum Gasteiger partial charge on any atom is -0.457 e. The summed E-state index contributed by atoms with van der Waals surface area (Å²) in [4.78, 5) is 12.0. The molecular weight excluding hydrogens is 304 g/mol. The maximum absolute atomic E-state index is 12.0. The first-order chi connectivity index (χ1) is 11.5. The minimum atomic E-state index is -0.509. The number of rotatable bonds is 12. The van der Waals surface area contributed by atoms with Gasteiger partial charge in [0.15, 0.2) is 5.79 Å². The Morgan fingerprint density at radius 2 is 1.75 bits per heavy atom. The number of unbranched alkanes of at least 4 members (excludes halogenated alkanes) is 4. The Balaban J connectivity index is 2.17. The lowest BCUT2D eigenvalue weighted by Crippen LogP contribution is -2.45. The van der Waals surface area contributed by atoms with E-state index in [1.165, 1.54) is 38.5 Å². The lowest BCUT2D eigenvalue weighted by atomic mass is 9.99. The van der Waals surface area contributed by atoms with Gasteiger partial charge in [-0.3, -0.25) is 4.79 Å². The zero-order valence-electron chi connectivity index (χ0n) is 16.3. The molecule has 0 aromatic carbocycles. The molecule has 1 aliphatic rings. The molecule has 1 saturated heterocycles. The van der Waals surface area contributed by atoms with Crippen molar-refractivity contribution in [2.75, 3.05) is 13.2 Å². The molecule has 0 aromatic heterocycles. The first-order valence-electron chi connectivity index (χ1n) is 9.96. The van der Waals surface area contributed by atoms with Crippen molar-refractivity contribution < 1.29 is 19.0 Å². The van der Waals surface area contributed by atoms with E-state index in [0.717, 1.165) is 19.3 Å². The van der Waals surface area contributed by atoms with Crippen molar-refractivity contribution in [3.8, 4) is 0 Å². The summed E-state index contributed by atoms with van der Waals surface area (Å²) in [6.45, 7) is 9.50. The highest BCUT2D eigenvalue weighted by Gasteiger charge is 2.34. The summed E-state index contributed by atoms with van der Waals surface area (Å²) in [5.74, 6) is -0.0458. The number of ether oxygens (including phenoxy) is 3. The van der Waals surface area contributed by atoms with Crippen molar-refractivity contribution in [1.82, 2.24) is 0 Å². The predicted molar refractivity (Wildman–Crippen MR) is 96.9 cm³/mol. The van der Waals surface area contributed by atoms with Gasteiger partial charge in [0.25, 0.3) is 0 Å². The molecule has 0 N–H and O–H groups in total. The zero-order chi connectivity index (χ0) is 17.8. The van der Waals surface area contributed by atoms with E-state index in [2.05, 4.69) is 20.8 Å². The van der Waals surface area contributed by atoms with Gasteiger partial charge in [-0.2, -0.15) is 0 Å². The smallest absolute Gasteiger partial charge is 0.306 e. The molecule has 0 saturated carbocycles. The molecule has 1 unspecified atom stereocenters. The summed E-state index contributed by atoms with van der Waals surface area (Å²) in [6, 6.07) is 0. The lowest BCUT2D eigenvalue weighted by Gasteiger charge is -2.37. The van der Waals surface area contributed by atoms with Crippen LogP contribution in [0.3, 0.4) is 0 Å². The molecule has 1 aliphatic heterocycles. The van der Waals surface area contributed by atoms with Crippen LogP contribution in [0, 0.1) is 5.92 Å². The summed E-state index contributed by atoms with van der Waals surface area (Å²) in [5, 5.41) is 0. The van der Waals surface area contributed by atoms with Gasteiger partial charge in [-0.15, -0.1) is 0 Å². The van der Waals surface area contributed by atoms with Gasteiger partial charge in [-0.1, -0.05) is 59.3 Å². The Hall–Kier alpha value is -0.610. The Kier molecular flexibility index (Phi) is 10.6. The average molecular weight is 343 g/mol. The van der Waals surface area contributed by atoms with E-state index in [1.54, 1.807) is 0 Å². The Morgan fingerprint density at radius 1 is 1.08 bits per heavy atom. The molecule has 24 heavy (non-hydrogen) atoms. The van der Waals surface area contributed by atoms with Crippen LogP contribution in [0.15, 0.2) is 0 Å². The number of hydrogen-bond acceptors (Lipinski definition) is 4. The van der Waals surface area contributed by atoms with Crippen molar-refractivity contribution in [3.05, 3.63) is 0 Å². The molecule has 4 nitrogen and oxygen atoms in total. The molecule has 0 aromatic rings. The van der Waals surface area contributed by atoms with Crippen molar-refractivity contribution in [2.45, 2.75) is 104 Å². The van der Waals surface area contributed by atoms with Crippen LogP contribution in [0.4, 0.5) is 0 Å². The van der Waals surface area contributed by atoms with E-state index < -0.39 is 5.79 Å². The normalized spacial score (nSPS) is 25.4. The molecule has 4 heteroatoms. The molecule has 0 spiro atoms. The summed E-state index contributed by atoms with van der Waals surface area (Å²) in [7, 11) is 0. The highest BCUT2D eigenvalue weighted by atomic mass is 16.7. The second-order valence-electron chi connectivity index (χ2n) is 7.46. The highest BCUT2D eigenvalue weighted by Crippen LogP contribution is 2.26. The Labute approximate surface area is 148 Å². The summed E-state index contributed by atoms with van der Waals surface area (Å²) >= 11 is 0. The molecular formula is C20H38O4. The third-order valence-corrected chi connectivity index (χ3v) is 4.82. The fourth-order valence-electron chi connectivity index (χ4n) is 3.02. The van der Waals surface area contributed by atoms with Crippen molar-refractivity contribution >= 4 is 5.97 Å². The fourth-order valence-corrected chi connectivity index (χ4v) is 3.02. The predicted octanol–water partition coefficient (Wildman–Crippen LogP) is 5.24. The molecule has 0 radical (unpaired) electrons. The van der Waals surface area contributed by atoms with Crippen molar-refractivity contribution in [3.63, 3.8) is 0 Å². The first kappa shape index (κ1) is 21.4. The molecule has 1 heterocycles. The quantitative estimate of drug-likeness (QED) is 0.359. The van der Waals surface area contributed by atoms with Crippen molar-refractivity contribution in [2.24, 2.45) is 5.92 Å². The second kappa shape index (κ2) is 11.9. The van der Waals surface area contributed by atoms with Crippen LogP contribution in [0.1, 0.15) is 91.9 Å². The van der Waals surface area contributed by atoms with Gasteiger partial charge in [0.2, 0.25) is 0 Å². The van der Waals surface area contributed by atoms with E-state index in [9.17, 15) is 4.79 Å². The van der Waals surface area contributed by atoms with E-state index in [0.29, 0.717) is 25.6 Å². The van der Waals surface area contributed by atoms with Gasteiger partial charge in [-0.05, 0) is 25.7 Å². The van der Waals surface area contributed by atoms with E-state index >= 15 is 0 Å². The maximum Gasteiger partial charge on any atom is 0.306 e. The van der Waals surface area contributed by atoms with Crippen LogP contribution in [0.2, 0.25) is 0 Å². The third kappa shape index (κ3) is 9.03. The van der Waals surface area contributed by atoms with Crippen LogP contribution in [0.5, 0.6) is 0 Å². The molecule has 1 fully saturated rings. The SMILES string of the molecule is CCCCCCC1(C)OCC(OC(=O)CCC(C)CCCC)CO1. The van der Waals surface area contributed by atoms with Gasteiger partial charge >= 0.3 is 5.97 Å². The number of hydrogen-bond donors (Lipinski definition) is 0. The van der Waals surface area contributed by atoms with Gasteiger partial charge in [0.1, 0.15) is 6.10 Å². The van der Waals surface area contributed by atoms with E-state index in [1.807, 2.05) is 6.92 Å². The molecule has 0 aliphatic carbocycles. The number of carbonyl (C=O) groups excluding carboxylic acids is 1.